The van der Waals surface area contributed by atoms with Gasteiger partial charge in [0.25, 0.3) is 5.91 Å². The van der Waals surface area contributed by atoms with Crippen molar-refractivity contribution in [3.8, 4) is 0 Å². The number of rotatable bonds is 9. The standard InChI is InChI=1S/C14H23N3O3/c1-3-17(4-2)10-9-15-13(18)7-8-16-14(19)12-6-5-11-20-12/h5-6,11H,3-4,7-10H2,1-2H3,(H,15,18)(H,16,19). The molecule has 0 radical (unpaired) electrons. The number of nitrogens with zero attached hydrogens (tertiary/aromatic N) is 1. The second-order valence-corrected chi connectivity index (χ2v) is 4.36. The highest BCUT2D eigenvalue weighted by atomic mass is 16.3. The normalized spacial score (nSPS) is 10.6. The zero-order valence-electron chi connectivity index (χ0n) is 12.1. The number of hydrogen-bond acceptors (Lipinski definition) is 4. The Bertz CT molecular complexity index is 400. The number of nitrogens with one attached hydrogen (secondary N) is 2. The summed E-state index contributed by atoms with van der Waals surface area (Å²) in [5, 5.41) is 5.47. The quantitative estimate of drug-likeness (QED) is 0.704. The van der Waals surface area contributed by atoms with Crippen LogP contribution in [0.5, 0.6) is 0 Å². The van der Waals surface area contributed by atoms with E-state index in [-0.39, 0.29) is 24.0 Å². The molecular formula is C14H23N3O3. The second kappa shape index (κ2) is 9.14. The van der Waals surface area contributed by atoms with Crippen molar-refractivity contribution < 1.29 is 14.0 Å². The number of carbonyl (C=O) groups is 2. The molecule has 2 N–H and O–H groups in total. The molecule has 0 aliphatic carbocycles. The molecule has 0 aliphatic rings. The molecule has 0 spiro atoms. The summed E-state index contributed by atoms with van der Waals surface area (Å²) in [4.78, 5) is 25.3. The Kier molecular flexibility index (Phi) is 7.42. The lowest BCUT2D eigenvalue weighted by Crippen LogP contribution is -2.36. The van der Waals surface area contributed by atoms with Crippen LogP contribution in [0.15, 0.2) is 22.8 Å². The van der Waals surface area contributed by atoms with Crippen LogP contribution in [0.25, 0.3) is 0 Å². The highest BCUT2D eigenvalue weighted by Crippen LogP contribution is 1.98. The van der Waals surface area contributed by atoms with Crippen LogP contribution in [0.3, 0.4) is 0 Å². The van der Waals surface area contributed by atoms with E-state index in [0.717, 1.165) is 19.6 Å². The molecule has 6 nitrogen and oxygen atoms in total. The molecule has 1 aromatic rings. The minimum atomic E-state index is -0.300. The van der Waals surface area contributed by atoms with Crippen LogP contribution in [0.1, 0.15) is 30.8 Å². The Morgan fingerprint density at radius 3 is 2.55 bits per heavy atom. The van der Waals surface area contributed by atoms with Gasteiger partial charge >= 0.3 is 0 Å². The average molecular weight is 281 g/mol. The molecule has 0 aromatic carbocycles. The van der Waals surface area contributed by atoms with Crippen molar-refractivity contribution in [1.82, 2.24) is 15.5 Å². The van der Waals surface area contributed by atoms with Gasteiger partial charge < -0.3 is 20.0 Å². The molecule has 1 aromatic heterocycles. The van der Waals surface area contributed by atoms with Crippen molar-refractivity contribution in [3.05, 3.63) is 24.2 Å². The molecule has 0 unspecified atom stereocenters. The van der Waals surface area contributed by atoms with Gasteiger partial charge in [-0.15, -0.1) is 0 Å². The minimum absolute atomic E-state index is 0.0584. The van der Waals surface area contributed by atoms with E-state index in [1.165, 1.54) is 6.26 Å². The van der Waals surface area contributed by atoms with Gasteiger partial charge in [0.2, 0.25) is 5.91 Å². The molecular weight excluding hydrogens is 258 g/mol. The van der Waals surface area contributed by atoms with E-state index in [2.05, 4.69) is 29.4 Å². The molecule has 0 saturated heterocycles. The molecule has 0 bridgehead atoms. The Labute approximate surface area is 119 Å². The van der Waals surface area contributed by atoms with Gasteiger partial charge in [-0.3, -0.25) is 9.59 Å². The molecule has 2 amide bonds. The third-order valence-electron chi connectivity index (χ3n) is 3.03. The second-order valence-electron chi connectivity index (χ2n) is 4.36. The van der Waals surface area contributed by atoms with Crippen LogP contribution in [0.2, 0.25) is 0 Å². The Hall–Kier alpha value is -1.82. The summed E-state index contributed by atoms with van der Waals surface area (Å²) in [7, 11) is 0. The predicted octanol–water partition coefficient (Wildman–Crippen LogP) is 0.858. The van der Waals surface area contributed by atoms with Crippen LogP contribution >= 0.6 is 0 Å². The monoisotopic (exact) mass is 281 g/mol. The molecule has 1 rings (SSSR count). The van der Waals surface area contributed by atoms with Gasteiger partial charge in [-0.05, 0) is 25.2 Å². The summed E-state index contributed by atoms with van der Waals surface area (Å²) in [6.07, 6.45) is 1.71. The minimum Gasteiger partial charge on any atom is -0.459 e. The molecule has 6 heteroatoms. The molecule has 112 valence electrons. The molecule has 1 heterocycles. The van der Waals surface area contributed by atoms with Gasteiger partial charge in [0, 0.05) is 26.1 Å². The van der Waals surface area contributed by atoms with Gasteiger partial charge in [-0.1, -0.05) is 13.8 Å². The van der Waals surface area contributed by atoms with Crippen molar-refractivity contribution in [1.29, 1.82) is 0 Å². The van der Waals surface area contributed by atoms with Gasteiger partial charge in [-0.25, -0.2) is 0 Å². The molecule has 0 fully saturated rings. The van der Waals surface area contributed by atoms with Gasteiger partial charge in [-0.2, -0.15) is 0 Å². The topological polar surface area (TPSA) is 74.6 Å². The van der Waals surface area contributed by atoms with Crippen molar-refractivity contribution in [2.45, 2.75) is 20.3 Å². The van der Waals surface area contributed by atoms with Crippen molar-refractivity contribution >= 4 is 11.8 Å². The van der Waals surface area contributed by atoms with E-state index in [9.17, 15) is 9.59 Å². The van der Waals surface area contributed by atoms with Crippen LogP contribution < -0.4 is 10.6 Å². The van der Waals surface area contributed by atoms with E-state index < -0.39 is 0 Å². The number of likely N-dealkylation sites (N-methyl/N-ethyl adjacent to an activating group) is 1. The average Bonchev–Trinajstić information content (AvgIpc) is 2.97. The molecule has 0 aliphatic heterocycles. The lowest BCUT2D eigenvalue weighted by atomic mass is 10.3. The number of hydrogen-bond donors (Lipinski definition) is 2. The van der Waals surface area contributed by atoms with E-state index in [1.54, 1.807) is 12.1 Å². The summed E-state index contributed by atoms with van der Waals surface area (Å²) in [5.41, 5.74) is 0. The lowest BCUT2D eigenvalue weighted by molar-refractivity contribution is -0.121. The summed E-state index contributed by atoms with van der Waals surface area (Å²) in [5.74, 6) is -0.102. The zero-order valence-corrected chi connectivity index (χ0v) is 12.1. The molecule has 0 saturated carbocycles. The van der Waals surface area contributed by atoms with Crippen LogP contribution in [0, 0.1) is 0 Å². The largest absolute Gasteiger partial charge is 0.459 e. The van der Waals surface area contributed by atoms with Crippen LogP contribution in [-0.2, 0) is 4.79 Å². The van der Waals surface area contributed by atoms with Gasteiger partial charge in [0.05, 0.1) is 6.26 Å². The maximum absolute atomic E-state index is 11.6. The summed E-state index contributed by atoms with van der Waals surface area (Å²) >= 11 is 0. The number of amides is 2. The summed E-state index contributed by atoms with van der Waals surface area (Å²) in [6, 6.07) is 3.23. The van der Waals surface area contributed by atoms with E-state index in [0.29, 0.717) is 13.1 Å². The Balaban J connectivity index is 2.10. The van der Waals surface area contributed by atoms with E-state index in [1.807, 2.05) is 0 Å². The Morgan fingerprint density at radius 2 is 1.95 bits per heavy atom. The maximum atomic E-state index is 11.6. The fourth-order valence-corrected chi connectivity index (χ4v) is 1.77. The first-order valence-corrected chi connectivity index (χ1v) is 6.98. The number of furan rings is 1. The summed E-state index contributed by atoms with van der Waals surface area (Å²) in [6.45, 7) is 7.92. The zero-order chi connectivity index (χ0) is 14.8. The maximum Gasteiger partial charge on any atom is 0.286 e. The number of carbonyl (C=O) groups excluding carboxylic acids is 2. The van der Waals surface area contributed by atoms with Crippen LogP contribution in [-0.4, -0.2) is 49.4 Å². The third-order valence-corrected chi connectivity index (χ3v) is 3.03. The Morgan fingerprint density at radius 1 is 1.20 bits per heavy atom. The lowest BCUT2D eigenvalue weighted by Gasteiger charge is -2.17. The molecule has 20 heavy (non-hydrogen) atoms. The van der Waals surface area contributed by atoms with E-state index >= 15 is 0 Å². The first-order chi connectivity index (χ1) is 9.67. The third kappa shape index (κ3) is 5.88. The molecule has 0 atom stereocenters. The highest BCUT2D eigenvalue weighted by Gasteiger charge is 2.08. The smallest absolute Gasteiger partial charge is 0.286 e. The van der Waals surface area contributed by atoms with Crippen molar-refractivity contribution in [2.75, 3.05) is 32.7 Å². The van der Waals surface area contributed by atoms with Crippen molar-refractivity contribution in [3.63, 3.8) is 0 Å². The fourth-order valence-electron chi connectivity index (χ4n) is 1.77. The first-order valence-electron chi connectivity index (χ1n) is 6.98. The van der Waals surface area contributed by atoms with E-state index in [4.69, 9.17) is 4.42 Å². The fraction of sp³-hybridized carbons (Fsp3) is 0.571. The first kappa shape index (κ1) is 16.2. The summed E-state index contributed by atoms with van der Waals surface area (Å²) < 4.78 is 4.95. The highest BCUT2D eigenvalue weighted by molar-refractivity contribution is 5.91. The SMILES string of the molecule is CCN(CC)CCNC(=O)CCNC(=O)c1ccco1. The van der Waals surface area contributed by atoms with Crippen molar-refractivity contribution in [2.24, 2.45) is 0 Å². The van der Waals surface area contributed by atoms with Gasteiger partial charge in [0.1, 0.15) is 0 Å². The van der Waals surface area contributed by atoms with Crippen LogP contribution in [0.4, 0.5) is 0 Å². The van der Waals surface area contributed by atoms with Gasteiger partial charge in [0.15, 0.2) is 5.76 Å². The predicted molar refractivity (Wildman–Crippen MR) is 76.5 cm³/mol.